The SMILES string of the molecule is CCN(CCC#N)C(=O)c1cc(O)cc(O)c1. The zero-order valence-corrected chi connectivity index (χ0v) is 9.55. The average Bonchev–Trinajstić information content (AvgIpc) is 2.28. The number of hydrogen-bond donors (Lipinski definition) is 2. The van der Waals surface area contributed by atoms with Crippen molar-refractivity contribution in [1.29, 1.82) is 5.26 Å². The molecule has 0 aliphatic heterocycles. The van der Waals surface area contributed by atoms with Crippen molar-refractivity contribution in [2.45, 2.75) is 13.3 Å². The van der Waals surface area contributed by atoms with Crippen LogP contribution in [0.2, 0.25) is 0 Å². The van der Waals surface area contributed by atoms with E-state index in [0.29, 0.717) is 13.1 Å². The van der Waals surface area contributed by atoms with Gasteiger partial charge >= 0.3 is 0 Å². The molecule has 1 amide bonds. The summed E-state index contributed by atoms with van der Waals surface area (Å²) in [6.45, 7) is 2.61. The van der Waals surface area contributed by atoms with Crippen LogP contribution in [0.1, 0.15) is 23.7 Å². The first kappa shape index (κ1) is 12.8. The molecule has 0 aliphatic carbocycles. The van der Waals surface area contributed by atoms with E-state index in [1.165, 1.54) is 17.0 Å². The Bertz CT molecular complexity index is 431. The van der Waals surface area contributed by atoms with Crippen LogP contribution in [-0.4, -0.2) is 34.1 Å². The summed E-state index contributed by atoms with van der Waals surface area (Å²) in [5.74, 6) is -0.636. The molecule has 0 aromatic heterocycles. The van der Waals surface area contributed by atoms with Crippen molar-refractivity contribution in [2.75, 3.05) is 13.1 Å². The predicted octanol–water partition coefficient (Wildman–Crippen LogP) is 1.47. The minimum Gasteiger partial charge on any atom is -0.508 e. The molecule has 0 unspecified atom stereocenters. The molecule has 0 saturated heterocycles. The molecule has 0 bridgehead atoms. The van der Waals surface area contributed by atoms with Gasteiger partial charge in [-0.3, -0.25) is 4.79 Å². The molecule has 0 fully saturated rings. The highest BCUT2D eigenvalue weighted by molar-refractivity contribution is 5.95. The third-order valence-corrected chi connectivity index (χ3v) is 2.31. The Kier molecular flexibility index (Phi) is 4.35. The van der Waals surface area contributed by atoms with Gasteiger partial charge in [-0.05, 0) is 19.1 Å². The van der Waals surface area contributed by atoms with Crippen LogP contribution < -0.4 is 0 Å². The average molecular weight is 234 g/mol. The quantitative estimate of drug-likeness (QED) is 0.826. The van der Waals surface area contributed by atoms with Crippen molar-refractivity contribution in [3.63, 3.8) is 0 Å². The van der Waals surface area contributed by atoms with E-state index in [-0.39, 0.29) is 29.4 Å². The molecular formula is C12H14N2O3. The topological polar surface area (TPSA) is 84.6 Å². The van der Waals surface area contributed by atoms with Crippen LogP contribution in [0.3, 0.4) is 0 Å². The van der Waals surface area contributed by atoms with Crippen molar-refractivity contribution in [1.82, 2.24) is 4.90 Å². The number of rotatable bonds is 4. The third kappa shape index (κ3) is 3.38. The molecular weight excluding hydrogens is 220 g/mol. The second-order valence-corrected chi connectivity index (χ2v) is 3.53. The standard InChI is InChI=1S/C12H14N2O3/c1-2-14(5-3-4-13)12(17)9-6-10(15)8-11(16)7-9/h6-8,15-16H,2-3,5H2,1H3. The largest absolute Gasteiger partial charge is 0.508 e. The van der Waals surface area contributed by atoms with Crippen LogP contribution in [0.25, 0.3) is 0 Å². The smallest absolute Gasteiger partial charge is 0.254 e. The minimum absolute atomic E-state index is 0.162. The number of phenolic OH excluding ortho intramolecular Hbond substituents is 2. The number of hydrogen-bond acceptors (Lipinski definition) is 4. The zero-order valence-electron chi connectivity index (χ0n) is 9.55. The van der Waals surface area contributed by atoms with Gasteiger partial charge in [0, 0.05) is 24.7 Å². The number of benzene rings is 1. The van der Waals surface area contributed by atoms with Crippen LogP contribution >= 0.6 is 0 Å². The number of amides is 1. The van der Waals surface area contributed by atoms with Gasteiger partial charge in [0.25, 0.3) is 5.91 Å². The number of nitriles is 1. The van der Waals surface area contributed by atoms with Crippen LogP contribution in [-0.2, 0) is 0 Å². The van der Waals surface area contributed by atoms with E-state index in [1.54, 1.807) is 6.92 Å². The third-order valence-electron chi connectivity index (χ3n) is 2.31. The summed E-state index contributed by atoms with van der Waals surface area (Å²) in [4.78, 5) is 13.5. The van der Waals surface area contributed by atoms with Gasteiger partial charge in [0.05, 0.1) is 12.5 Å². The van der Waals surface area contributed by atoms with Crippen LogP contribution in [0.4, 0.5) is 0 Å². The van der Waals surface area contributed by atoms with Crippen molar-refractivity contribution >= 4 is 5.91 Å². The molecule has 0 spiro atoms. The molecule has 90 valence electrons. The molecule has 5 nitrogen and oxygen atoms in total. The highest BCUT2D eigenvalue weighted by Gasteiger charge is 2.15. The lowest BCUT2D eigenvalue weighted by Crippen LogP contribution is -2.31. The van der Waals surface area contributed by atoms with E-state index >= 15 is 0 Å². The lowest BCUT2D eigenvalue weighted by Gasteiger charge is -2.19. The van der Waals surface area contributed by atoms with E-state index in [9.17, 15) is 15.0 Å². The minimum atomic E-state index is -0.311. The number of nitrogens with zero attached hydrogens (tertiary/aromatic N) is 2. The Morgan fingerprint density at radius 2 is 1.94 bits per heavy atom. The van der Waals surface area contributed by atoms with Gasteiger partial charge in [-0.1, -0.05) is 0 Å². The molecule has 0 aliphatic rings. The van der Waals surface area contributed by atoms with Crippen molar-refractivity contribution < 1.29 is 15.0 Å². The monoisotopic (exact) mass is 234 g/mol. The Hall–Kier alpha value is -2.22. The second kappa shape index (κ2) is 5.75. The Labute approximate surface area is 99.5 Å². The van der Waals surface area contributed by atoms with Gasteiger partial charge in [-0.25, -0.2) is 0 Å². The lowest BCUT2D eigenvalue weighted by atomic mass is 10.1. The zero-order chi connectivity index (χ0) is 12.8. The van der Waals surface area contributed by atoms with E-state index in [0.717, 1.165) is 6.07 Å². The molecule has 1 aromatic rings. The van der Waals surface area contributed by atoms with Crippen molar-refractivity contribution in [3.05, 3.63) is 23.8 Å². The fraction of sp³-hybridized carbons (Fsp3) is 0.333. The molecule has 0 heterocycles. The van der Waals surface area contributed by atoms with Gasteiger partial charge in [0.1, 0.15) is 11.5 Å². The van der Waals surface area contributed by atoms with Gasteiger partial charge in [0.15, 0.2) is 0 Å². The number of carbonyl (C=O) groups is 1. The van der Waals surface area contributed by atoms with Crippen molar-refractivity contribution in [3.8, 4) is 17.6 Å². The van der Waals surface area contributed by atoms with Crippen LogP contribution in [0, 0.1) is 11.3 Å². The molecule has 2 N–H and O–H groups in total. The fourth-order valence-electron chi connectivity index (χ4n) is 1.49. The summed E-state index contributed by atoms with van der Waals surface area (Å²) in [6, 6.07) is 5.70. The predicted molar refractivity (Wildman–Crippen MR) is 61.6 cm³/mol. The number of aromatic hydroxyl groups is 2. The Morgan fingerprint density at radius 1 is 1.35 bits per heavy atom. The summed E-state index contributed by atoms with van der Waals surface area (Å²) >= 11 is 0. The van der Waals surface area contributed by atoms with Gasteiger partial charge in [-0.2, -0.15) is 5.26 Å². The number of carbonyl (C=O) groups excluding carboxylic acids is 1. The van der Waals surface area contributed by atoms with Crippen LogP contribution in [0.15, 0.2) is 18.2 Å². The van der Waals surface area contributed by atoms with Gasteiger partial charge in [0.2, 0.25) is 0 Å². The summed E-state index contributed by atoms with van der Waals surface area (Å²) in [5, 5.41) is 27.1. The van der Waals surface area contributed by atoms with Gasteiger partial charge in [-0.15, -0.1) is 0 Å². The summed E-state index contributed by atoms with van der Waals surface area (Å²) in [6.07, 6.45) is 0.254. The Morgan fingerprint density at radius 3 is 2.41 bits per heavy atom. The summed E-state index contributed by atoms with van der Waals surface area (Å²) in [7, 11) is 0. The normalized spacial score (nSPS) is 9.65. The molecule has 0 atom stereocenters. The summed E-state index contributed by atoms with van der Waals surface area (Å²) < 4.78 is 0. The maximum atomic E-state index is 12.0. The summed E-state index contributed by atoms with van der Waals surface area (Å²) in [5.41, 5.74) is 0.210. The number of phenols is 2. The van der Waals surface area contributed by atoms with E-state index in [1.807, 2.05) is 6.07 Å². The molecule has 17 heavy (non-hydrogen) atoms. The Balaban J connectivity index is 2.90. The highest BCUT2D eigenvalue weighted by Crippen LogP contribution is 2.21. The van der Waals surface area contributed by atoms with E-state index in [4.69, 9.17) is 5.26 Å². The molecule has 0 saturated carbocycles. The second-order valence-electron chi connectivity index (χ2n) is 3.53. The molecule has 0 radical (unpaired) electrons. The molecule has 1 rings (SSSR count). The van der Waals surface area contributed by atoms with Crippen LogP contribution in [0.5, 0.6) is 11.5 Å². The maximum absolute atomic E-state index is 12.0. The highest BCUT2D eigenvalue weighted by atomic mass is 16.3. The first-order valence-electron chi connectivity index (χ1n) is 5.27. The van der Waals surface area contributed by atoms with Crippen molar-refractivity contribution in [2.24, 2.45) is 0 Å². The molecule has 1 aromatic carbocycles. The molecule has 5 heteroatoms. The lowest BCUT2D eigenvalue weighted by molar-refractivity contribution is 0.0767. The van der Waals surface area contributed by atoms with Gasteiger partial charge < -0.3 is 15.1 Å². The fourth-order valence-corrected chi connectivity index (χ4v) is 1.49. The maximum Gasteiger partial charge on any atom is 0.254 e. The first-order chi connectivity index (χ1) is 8.08. The first-order valence-corrected chi connectivity index (χ1v) is 5.27. The van der Waals surface area contributed by atoms with E-state index < -0.39 is 0 Å². The van der Waals surface area contributed by atoms with E-state index in [2.05, 4.69) is 0 Å².